The van der Waals surface area contributed by atoms with E-state index in [-0.39, 0.29) is 6.09 Å². The molecule has 0 aromatic heterocycles. The first-order valence-electron chi connectivity index (χ1n) is 9.61. The van der Waals surface area contributed by atoms with Crippen molar-refractivity contribution < 1.29 is 19.0 Å². The molecule has 2 aromatic rings. The molecule has 5 nitrogen and oxygen atoms in total. The van der Waals surface area contributed by atoms with Crippen molar-refractivity contribution in [3.8, 4) is 16.9 Å². The zero-order valence-corrected chi connectivity index (χ0v) is 17.4. The van der Waals surface area contributed by atoms with E-state index >= 15 is 0 Å². The Balaban J connectivity index is 2.13. The number of hydrogen-bond acceptors (Lipinski definition) is 4. The van der Waals surface area contributed by atoms with Crippen LogP contribution in [0.3, 0.4) is 0 Å². The summed E-state index contributed by atoms with van der Waals surface area (Å²) in [5.41, 5.74) is 8.23. The third kappa shape index (κ3) is 2.60. The molecule has 2 heterocycles. The highest BCUT2D eigenvalue weighted by molar-refractivity contribution is 6.01. The fourth-order valence-electron chi connectivity index (χ4n) is 4.48. The predicted molar refractivity (Wildman–Crippen MR) is 109 cm³/mol. The van der Waals surface area contributed by atoms with E-state index in [1.54, 1.807) is 7.11 Å². The Morgan fingerprint density at radius 2 is 1.71 bits per heavy atom. The zero-order chi connectivity index (χ0) is 20.2. The van der Waals surface area contributed by atoms with Gasteiger partial charge in [-0.25, -0.2) is 4.79 Å². The normalized spacial score (nSPS) is 17.6. The van der Waals surface area contributed by atoms with Crippen molar-refractivity contribution in [2.45, 2.75) is 53.4 Å². The first-order valence-corrected chi connectivity index (χ1v) is 9.61. The molecule has 4 rings (SSSR count). The van der Waals surface area contributed by atoms with Crippen molar-refractivity contribution in [1.82, 2.24) is 0 Å². The Kier molecular flexibility index (Phi) is 4.38. The Hall–Kier alpha value is -2.53. The van der Waals surface area contributed by atoms with Crippen molar-refractivity contribution in [2.24, 2.45) is 0 Å². The molecular formula is C23H27NO4. The van der Waals surface area contributed by atoms with Gasteiger partial charge in [0.2, 0.25) is 0 Å². The van der Waals surface area contributed by atoms with Crippen LogP contribution in [0.5, 0.6) is 5.75 Å². The van der Waals surface area contributed by atoms with Crippen LogP contribution in [0, 0.1) is 20.8 Å². The van der Waals surface area contributed by atoms with Gasteiger partial charge in [-0.1, -0.05) is 12.1 Å². The number of hydrogen-bond donors (Lipinski definition) is 0. The number of fused-ring (bicyclic) bond motifs is 1. The van der Waals surface area contributed by atoms with Gasteiger partial charge in [-0.15, -0.1) is 0 Å². The van der Waals surface area contributed by atoms with Crippen molar-refractivity contribution in [3.63, 3.8) is 0 Å². The molecule has 0 spiro atoms. The zero-order valence-electron chi connectivity index (χ0n) is 17.4. The van der Waals surface area contributed by atoms with Crippen LogP contribution in [-0.4, -0.2) is 25.3 Å². The number of anilines is 1. The fraction of sp³-hybridized carbons (Fsp3) is 0.435. The lowest BCUT2D eigenvalue weighted by molar-refractivity contribution is 0.134. The summed E-state index contributed by atoms with van der Waals surface area (Å²) in [6.45, 7) is 11.9. The number of aryl methyl sites for hydroxylation is 1. The summed E-state index contributed by atoms with van der Waals surface area (Å²) in [5, 5.41) is 0. The summed E-state index contributed by atoms with van der Waals surface area (Å²) in [6, 6.07) is 6.04. The molecule has 0 saturated carbocycles. The molecule has 0 aliphatic carbocycles. The summed E-state index contributed by atoms with van der Waals surface area (Å²) in [4.78, 5) is 14.6. The second-order valence-electron chi connectivity index (χ2n) is 8.28. The van der Waals surface area contributed by atoms with Gasteiger partial charge in [-0.3, -0.25) is 4.90 Å². The summed E-state index contributed by atoms with van der Waals surface area (Å²) in [5.74, 6) is 0.799. The van der Waals surface area contributed by atoms with Gasteiger partial charge in [0.15, 0.2) is 0 Å². The molecule has 2 aromatic carbocycles. The van der Waals surface area contributed by atoms with Crippen LogP contribution >= 0.6 is 0 Å². The molecule has 0 radical (unpaired) electrons. The number of carbonyl (C=O) groups excluding carboxylic acids is 1. The molecule has 148 valence electrons. The van der Waals surface area contributed by atoms with Crippen molar-refractivity contribution >= 4 is 11.8 Å². The van der Waals surface area contributed by atoms with Gasteiger partial charge in [-0.2, -0.15) is 0 Å². The lowest BCUT2D eigenvalue weighted by Crippen LogP contribution is -2.43. The van der Waals surface area contributed by atoms with E-state index in [1.165, 1.54) is 11.1 Å². The second kappa shape index (κ2) is 6.52. The van der Waals surface area contributed by atoms with Crippen LogP contribution < -0.4 is 9.64 Å². The number of rotatable bonds is 3. The van der Waals surface area contributed by atoms with Crippen LogP contribution in [0.4, 0.5) is 10.5 Å². The van der Waals surface area contributed by atoms with E-state index in [0.29, 0.717) is 19.8 Å². The van der Waals surface area contributed by atoms with Crippen LogP contribution in [0.1, 0.15) is 41.7 Å². The lowest BCUT2D eigenvalue weighted by atomic mass is 9.85. The maximum absolute atomic E-state index is 12.8. The minimum atomic E-state index is -0.438. The van der Waals surface area contributed by atoms with Crippen molar-refractivity contribution in [3.05, 3.63) is 46.0 Å². The summed E-state index contributed by atoms with van der Waals surface area (Å²) in [6.07, 6.45) is -0.305. The maximum Gasteiger partial charge on any atom is 0.415 e. The summed E-state index contributed by atoms with van der Waals surface area (Å²) < 4.78 is 17.0. The standard InChI is InChI=1S/C23H27NO4/c1-13-8-7-9-18(26-6)19(13)20-14(2)16-10-27-11-17(16)15(3)21(20)24-22(25)28-12-23(24,4)5/h7-9H,10-12H2,1-6H3. The molecule has 2 aliphatic heterocycles. The van der Waals surface area contributed by atoms with E-state index in [1.807, 2.05) is 30.9 Å². The summed E-state index contributed by atoms with van der Waals surface area (Å²) >= 11 is 0. The van der Waals surface area contributed by atoms with Crippen LogP contribution in [0.2, 0.25) is 0 Å². The quantitative estimate of drug-likeness (QED) is 0.746. The van der Waals surface area contributed by atoms with Gasteiger partial charge in [0.1, 0.15) is 12.4 Å². The maximum atomic E-state index is 12.8. The van der Waals surface area contributed by atoms with E-state index < -0.39 is 5.54 Å². The number of nitrogens with zero attached hydrogens (tertiary/aromatic N) is 1. The average Bonchev–Trinajstić information content (AvgIpc) is 3.24. The molecule has 0 atom stereocenters. The summed E-state index contributed by atoms with van der Waals surface area (Å²) in [7, 11) is 1.69. The molecule has 1 saturated heterocycles. The monoisotopic (exact) mass is 381 g/mol. The molecule has 28 heavy (non-hydrogen) atoms. The molecule has 5 heteroatoms. The number of cyclic esters (lactones) is 1. The van der Waals surface area contributed by atoms with Crippen molar-refractivity contribution in [1.29, 1.82) is 0 Å². The minimum Gasteiger partial charge on any atom is -0.496 e. The highest BCUT2D eigenvalue weighted by Gasteiger charge is 2.44. The fourth-order valence-corrected chi connectivity index (χ4v) is 4.48. The van der Waals surface area contributed by atoms with E-state index in [0.717, 1.165) is 39.3 Å². The number of amides is 1. The highest BCUT2D eigenvalue weighted by Crippen LogP contribution is 2.49. The van der Waals surface area contributed by atoms with Gasteiger partial charge in [0.25, 0.3) is 0 Å². The van der Waals surface area contributed by atoms with E-state index in [2.05, 4.69) is 26.8 Å². The number of ether oxygens (including phenoxy) is 3. The molecular weight excluding hydrogens is 354 g/mol. The number of benzene rings is 2. The Labute approximate surface area is 166 Å². The third-order valence-corrected chi connectivity index (χ3v) is 5.99. The van der Waals surface area contributed by atoms with Gasteiger partial charge in [0, 0.05) is 11.1 Å². The molecule has 0 unspecified atom stereocenters. The molecule has 0 bridgehead atoms. The Morgan fingerprint density at radius 1 is 1.04 bits per heavy atom. The third-order valence-electron chi connectivity index (χ3n) is 5.99. The molecule has 1 amide bonds. The molecule has 0 N–H and O–H groups in total. The predicted octanol–water partition coefficient (Wildman–Crippen LogP) is 5.05. The largest absolute Gasteiger partial charge is 0.496 e. The topological polar surface area (TPSA) is 48.0 Å². The van der Waals surface area contributed by atoms with Gasteiger partial charge < -0.3 is 14.2 Å². The Morgan fingerprint density at radius 3 is 2.32 bits per heavy atom. The first kappa shape index (κ1) is 18.8. The van der Waals surface area contributed by atoms with Crippen LogP contribution in [0.25, 0.3) is 11.1 Å². The first-order chi connectivity index (χ1) is 13.3. The van der Waals surface area contributed by atoms with E-state index in [4.69, 9.17) is 14.2 Å². The average molecular weight is 381 g/mol. The molecule has 2 aliphatic rings. The smallest absolute Gasteiger partial charge is 0.415 e. The lowest BCUT2D eigenvalue weighted by Gasteiger charge is -2.33. The van der Waals surface area contributed by atoms with Gasteiger partial charge >= 0.3 is 6.09 Å². The van der Waals surface area contributed by atoms with Gasteiger partial charge in [-0.05, 0) is 68.5 Å². The van der Waals surface area contributed by atoms with Crippen LogP contribution in [-0.2, 0) is 22.7 Å². The van der Waals surface area contributed by atoms with E-state index in [9.17, 15) is 4.79 Å². The number of carbonyl (C=O) groups is 1. The second-order valence-corrected chi connectivity index (χ2v) is 8.28. The van der Waals surface area contributed by atoms with Gasteiger partial charge in [0.05, 0.1) is 31.5 Å². The number of methoxy groups -OCH3 is 1. The Bertz CT molecular complexity index is 977. The minimum absolute atomic E-state index is 0.305. The highest BCUT2D eigenvalue weighted by atomic mass is 16.6. The molecule has 1 fully saturated rings. The van der Waals surface area contributed by atoms with Crippen molar-refractivity contribution in [2.75, 3.05) is 18.6 Å². The SMILES string of the molecule is COc1cccc(C)c1-c1c(C)c2c(c(C)c1N1C(=O)OCC1(C)C)COC2. The van der Waals surface area contributed by atoms with Crippen LogP contribution in [0.15, 0.2) is 18.2 Å².